The Balaban J connectivity index is 1.29. The fraction of sp³-hybridized carbons (Fsp3) is 0.567. The Morgan fingerprint density at radius 2 is 1.41 bits per heavy atom. The summed E-state index contributed by atoms with van der Waals surface area (Å²) in [5.74, 6) is 0.618. The topological polar surface area (TPSA) is 75.3 Å². The molecule has 1 spiro atoms. The number of rotatable bonds is 6. The summed E-state index contributed by atoms with van der Waals surface area (Å²) in [5.41, 5.74) is 5.80. The molecule has 4 rings (SSSR count). The third-order valence-electron chi connectivity index (χ3n) is 7.10. The van der Waals surface area contributed by atoms with Crippen molar-refractivity contribution in [3.8, 4) is 5.75 Å². The van der Waals surface area contributed by atoms with Crippen molar-refractivity contribution in [3.05, 3.63) is 58.7 Å². The highest BCUT2D eigenvalue weighted by molar-refractivity contribution is 7.46. The molecule has 2 aromatic rings. The zero-order valence-electron chi connectivity index (χ0n) is 24.6. The summed E-state index contributed by atoms with van der Waals surface area (Å²) in [6, 6.07) is 11.9. The van der Waals surface area contributed by atoms with Crippen LogP contribution in [0.15, 0.2) is 36.4 Å². The van der Waals surface area contributed by atoms with Crippen LogP contribution in [0.2, 0.25) is 0 Å². The van der Waals surface area contributed by atoms with E-state index in [0.717, 1.165) is 5.69 Å². The molecule has 0 aromatic heterocycles. The monoisotopic (exact) mass is 575 g/mol. The highest BCUT2D eigenvalue weighted by atomic mass is 31.2. The van der Waals surface area contributed by atoms with Gasteiger partial charge in [-0.1, -0.05) is 53.7 Å². The van der Waals surface area contributed by atoms with Crippen molar-refractivity contribution < 1.29 is 27.4 Å². The lowest BCUT2D eigenvalue weighted by Crippen LogP contribution is -2.44. The zero-order valence-corrected chi connectivity index (χ0v) is 26.3. The van der Waals surface area contributed by atoms with Gasteiger partial charge in [-0.05, 0) is 70.7 Å². The van der Waals surface area contributed by atoms with E-state index < -0.39 is 17.0 Å². The molecule has 214 valence electrons. The molecule has 2 fully saturated rings. The highest BCUT2D eigenvalue weighted by Gasteiger charge is 2.43. The van der Waals surface area contributed by atoms with Crippen LogP contribution in [0.4, 0.5) is 5.69 Å². The van der Waals surface area contributed by atoms with E-state index in [4.69, 9.17) is 22.6 Å². The molecular formula is C30H43NO6P2. The largest absolute Gasteiger partial charge is 0.427 e. The molecular weight excluding hydrogens is 532 g/mol. The number of benzene rings is 2. The van der Waals surface area contributed by atoms with Gasteiger partial charge in [0.25, 0.3) is 0 Å². The van der Waals surface area contributed by atoms with Gasteiger partial charge in [-0.25, -0.2) is 0 Å². The Morgan fingerprint density at radius 1 is 0.897 bits per heavy atom. The molecule has 0 unspecified atom stereocenters. The average molecular weight is 576 g/mol. The molecule has 9 heteroatoms. The Bertz CT molecular complexity index is 1100. The number of anilines is 1. The summed E-state index contributed by atoms with van der Waals surface area (Å²) in [6.07, 6.45) is 1.10. The van der Waals surface area contributed by atoms with Gasteiger partial charge < -0.3 is 27.9 Å². The molecule has 2 saturated heterocycles. The molecule has 1 N–H and O–H groups in total. The highest BCUT2D eigenvalue weighted by Crippen LogP contribution is 2.51. The third kappa shape index (κ3) is 8.00. The fourth-order valence-corrected chi connectivity index (χ4v) is 7.07. The van der Waals surface area contributed by atoms with Crippen molar-refractivity contribution in [3.63, 3.8) is 0 Å². The second-order valence-corrected chi connectivity index (χ2v) is 15.3. The Kier molecular flexibility index (Phi) is 9.43. The zero-order chi connectivity index (χ0) is 28.4. The molecule has 7 nitrogen and oxygen atoms in total. The second-order valence-electron chi connectivity index (χ2n) is 12.7. The average Bonchev–Trinajstić information content (AvgIpc) is 2.86. The summed E-state index contributed by atoms with van der Waals surface area (Å²) in [5, 5.41) is 3.01. The number of aryl methyl sites for hydroxylation is 1. The number of hydrogen-bond donors (Lipinski definition) is 1. The van der Waals surface area contributed by atoms with Crippen molar-refractivity contribution in [2.24, 2.45) is 5.41 Å². The maximum atomic E-state index is 12.8. The second kappa shape index (κ2) is 12.1. The lowest BCUT2D eigenvalue weighted by atomic mass is 9.75. The molecule has 0 radical (unpaired) electrons. The molecule has 2 aliphatic heterocycles. The first-order valence-electron chi connectivity index (χ1n) is 13.5. The van der Waals surface area contributed by atoms with E-state index >= 15 is 0 Å². The standard InChI is InChI=1S/C30H43NO6P2/c1-21-25(28(2,3)4)15-22(16-26(21)29(5,6)7)9-14-27(32)31-23-10-12-24(13-11-23)37-39-35-19-30(20-36-39)17-33-38(8)34-18-30/h10-13,15-16H,9,14,17-20H2,1-8H3,(H,31,32). The minimum absolute atomic E-state index is 0.0138. The number of carbonyl (C=O) groups excluding carboxylic acids is 1. The lowest BCUT2D eigenvalue weighted by Gasteiger charge is -2.41. The number of carbonyl (C=O) groups is 1. The SMILES string of the molecule is Cc1c(C(C)(C)C)cc(CCC(=O)Nc2ccc(OP3OCC4(COP(C)OC4)CO3)cc2)cc1C(C)(C)C. The minimum atomic E-state index is -1.49. The molecule has 0 aliphatic carbocycles. The van der Waals surface area contributed by atoms with E-state index in [0.29, 0.717) is 45.0 Å². The molecule has 1 amide bonds. The van der Waals surface area contributed by atoms with Crippen LogP contribution in [0.3, 0.4) is 0 Å². The molecule has 2 aliphatic rings. The van der Waals surface area contributed by atoms with Gasteiger partial charge in [-0.15, -0.1) is 0 Å². The first kappa shape index (κ1) is 30.4. The van der Waals surface area contributed by atoms with Gasteiger partial charge in [-0.3, -0.25) is 4.79 Å². The molecule has 2 aromatic carbocycles. The first-order valence-corrected chi connectivity index (χ1v) is 16.2. The molecule has 39 heavy (non-hydrogen) atoms. The summed E-state index contributed by atoms with van der Waals surface area (Å²) in [7, 11) is -2.28. The molecule has 0 bridgehead atoms. The smallest absolute Gasteiger partial charge is 0.397 e. The van der Waals surface area contributed by atoms with Crippen LogP contribution in [-0.4, -0.2) is 39.0 Å². The van der Waals surface area contributed by atoms with E-state index in [2.05, 4.69) is 65.9 Å². The summed E-state index contributed by atoms with van der Waals surface area (Å²) < 4.78 is 28.9. The van der Waals surface area contributed by atoms with Crippen LogP contribution in [-0.2, 0) is 40.1 Å². The van der Waals surface area contributed by atoms with E-state index in [1.54, 1.807) is 0 Å². The van der Waals surface area contributed by atoms with Crippen molar-refractivity contribution in [1.29, 1.82) is 0 Å². The number of nitrogens with one attached hydrogen (secondary N) is 1. The van der Waals surface area contributed by atoms with Gasteiger partial charge in [-0.2, -0.15) is 0 Å². The quantitative estimate of drug-likeness (QED) is 0.355. The van der Waals surface area contributed by atoms with Crippen LogP contribution >= 0.6 is 17.0 Å². The Morgan fingerprint density at radius 3 is 1.92 bits per heavy atom. The van der Waals surface area contributed by atoms with Gasteiger partial charge in [0, 0.05) is 18.8 Å². The molecule has 0 atom stereocenters. The maximum Gasteiger partial charge on any atom is 0.397 e. The predicted molar refractivity (Wildman–Crippen MR) is 159 cm³/mol. The van der Waals surface area contributed by atoms with E-state index in [9.17, 15) is 4.79 Å². The van der Waals surface area contributed by atoms with E-state index in [1.165, 1.54) is 22.3 Å². The van der Waals surface area contributed by atoms with Gasteiger partial charge in [0.2, 0.25) is 5.91 Å². The van der Waals surface area contributed by atoms with Gasteiger partial charge in [0.15, 0.2) is 8.38 Å². The fourth-order valence-electron chi connectivity index (χ4n) is 4.86. The summed E-state index contributed by atoms with van der Waals surface area (Å²) in [4.78, 5) is 12.8. The van der Waals surface area contributed by atoms with Crippen molar-refractivity contribution >= 4 is 28.6 Å². The number of hydrogen-bond acceptors (Lipinski definition) is 6. The first-order chi connectivity index (χ1) is 18.2. The van der Waals surface area contributed by atoms with E-state index in [-0.39, 0.29) is 22.2 Å². The lowest BCUT2D eigenvalue weighted by molar-refractivity contribution is -0.116. The predicted octanol–water partition coefficient (Wildman–Crippen LogP) is 7.79. The van der Waals surface area contributed by atoms with Gasteiger partial charge >= 0.3 is 8.60 Å². The van der Waals surface area contributed by atoms with Crippen LogP contribution in [0.25, 0.3) is 0 Å². The third-order valence-corrected chi connectivity index (χ3v) is 9.12. The summed E-state index contributed by atoms with van der Waals surface area (Å²) >= 11 is 0. The maximum absolute atomic E-state index is 12.8. The van der Waals surface area contributed by atoms with E-state index in [1.807, 2.05) is 30.9 Å². The van der Waals surface area contributed by atoms with Crippen LogP contribution < -0.4 is 9.84 Å². The summed E-state index contributed by atoms with van der Waals surface area (Å²) in [6.45, 7) is 19.8. The molecule has 2 heterocycles. The molecule has 0 saturated carbocycles. The van der Waals surface area contributed by atoms with Crippen LogP contribution in [0, 0.1) is 12.3 Å². The van der Waals surface area contributed by atoms with Crippen molar-refractivity contribution in [2.45, 2.75) is 72.1 Å². The van der Waals surface area contributed by atoms with Gasteiger partial charge in [0.1, 0.15) is 5.75 Å². The Labute approximate surface area is 236 Å². The normalized spacial score (nSPS) is 24.0. The minimum Gasteiger partial charge on any atom is -0.427 e. The van der Waals surface area contributed by atoms with Crippen molar-refractivity contribution in [2.75, 3.05) is 38.4 Å². The van der Waals surface area contributed by atoms with Gasteiger partial charge in [0.05, 0.1) is 31.8 Å². The van der Waals surface area contributed by atoms with Crippen molar-refractivity contribution in [1.82, 2.24) is 0 Å². The Hall–Kier alpha value is -1.59. The number of amides is 1. The van der Waals surface area contributed by atoms with Crippen LogP contribution in [0.5, 0.6) is 5.75 Å². The van der Waals surface area contributed by atoms with Crippen LogP contribution in [0.1, 0.15) is 70.2 Å².